The van der Waals surface area contributed by atoms with E-state index in [2.05, 4.69) is 166 Å². The van der Waals surface area contributed by atoms with E-state index in [0.29, 0.717) is 30.9 Å². The number of aldehydes is 2. The summed E-state index contributed by atoms with van der Waals surface area (Å²) in [5.74, 6) is 6.79. The largest absolute Gasteiger partial charge is 0.488 e. The molecule has 32 heteroatoms. The number of hydrogen-bond acceptors (Lipinski definition) is 14. The molecule has 7 aromatic heterocycles. The maximum absolute atomic E-state index is 13.7. The number of halogens is 12. The number of hydrazine groups is 1. The summed E-state index contributed by atoms with van der Waals surface area (Å²) < 4.78 is 32.2. The van der Waals surface area contributed by atoms with E-state index in [-0.39, 0.29) is 49.0 Å². The smallest absolute Gasteiger partial charge is 0.423 e. The Hall–Kier alpha value is -3.23. The zero-order valence-corrected chi connectivity index (χ0v) is 68.8. The number of nitrogens with zero attached hydrogens (tertiary/aromatic N) is 4. The number of nitrogens with two attached hydrogens (primary N) is 2. The van der Waals surface area contributed by atoms with Crippen LogP contribution in [-0.4, -0.2) is 91.5 Å². The molecule has 0 amide bonds. The third kappa shape index (κ3) is 24.2. The Morgan fingerprint density at radius 1 is 0.583 bits per heavy atom. The van der Waals surface area contributed by atoms with Crippen molar-refractivity contribution >= 4 is 262 Å². The van der Waals surface area contributed by atoms with Crippen LogP contribution < -0.4 is 30.4 Å². The minimum Gasteiger partial charge on any atom is -0.423 e. The molecule has 1 saturated heterocycles. The summed E-state index contributed by atoms with van der Waals surface area (Å²) in [6, 6.07) is 49.2. The summed E-state index contributed by atoms with van der Waals surface area (Å²) in [6.45, 7) is 2.00. The minimum atomic E-state index is -1.68. The molecule has 96 heavy (non-hydrogen) atoms. The van der Waals surface area contributed by atoms with Crippen molar-refractivity contribution in [3.05, 3.63) is 231 Å². The van der Waals surface area contributed by atoms with Gasteiger partial charge in [-0.15, -0.1) is 24.0 Å². The molecule has 1 aliphatic rings. The first-order chi connectivity index (χ1) is 45.7. The van der Waals surface area contributed by atoms with Crippen molar-refractivity contribution in [2.24, 2.45) is 11.7 Å². The second-order valence-corrected chi connectivity index (χ2v) is 40.6. The van der Waals surface area contributed by atoms with Gasteiger partial charge < -0.3 is 29.7 Å². The number of aromatic nitrogens is 8. The first-order valence-electron chi connectivity index (χ1n) is 27.3. The summed E-state index contributed by atoms with van der Waals surface area (Å²) in [5.41, 5.74) is 7.15. The van der Waals surface area contributed by atoms with Crippen molar-refractivity contribution in [2.75, 3.05) is 13.2 Å². The molecule has 8 heterocycles. The molecule has 0 aliphatic carbocycles. The van der Waals surface area contributed by atoms with Gasteiger partial charge in [-0.1, -0.05) is 82.2 Å². The van der Waals surface area contributed by atoms with Gasteiger partial charge in [-0.3, -0.25) is 26.4 Å². The van der Waals surface area contributed by atoms with E-state index < -0.39 is 18.8 Å². The van der Waals surface area contributed by atoms with Crippen molar-refractivity contribution in [2.45, 2.75) is 42.2 Å². The first-order valence-corrected chi connectivity index (χ1v) is 50.5. The second-order valence-electron chi connectivity index (χ2n) is 19.0. The molecule has 0 saturated carbocycles. The van der Waals surface area contributed by atoms with Crippen molar-refractivity contribution in [1.82, 2.24) is 40.1 Å². The van der Waals surface area contributed by atoms with Crippen LogP contribution in [0.3, 0.4) is 0 Å². The van der Waals surface area contributed by atoms with E-state index in [1.165, 1.54) is 25.0 Å². The number of aromatic amines is 4. The van der Waals surface area contributed by atoms with Gasteiger partial charge in [0.1, 0.15) is 28.6 Å². The maximum atomic E-state index is 13.7. The van der Waals surface area contributed by atoms with Crippen molar-refractivity contribution in [1.29, 1.82) is 0 Å². The topological polar surface area (TPSA) is 251 Å². The van der Waals surface area contributed by atoms with Crippen LogP contribution in [0.25, 0.3) is 66.5 Å². The van der Waals surface area contributed by atoms with Gasteiger partial charge in [0, 0.05) is 150 Å². The molecule has 1 fully saturated rings. The molecule has 10 N–H and O–H groups in total. The van der Waals surface area contributed by atoms with Crippen LogP contribution in [0.15, 0.2) is 223 Å². The summed E-state index contributed by atoms with van der Waals surface area (Å²) in [5, 5.41) is 30.8. The minimum absolute atomic E-state index is 0. The molecule has 0 bridgehead atoms. The number of fused-ring (bicyclic) bond motifs is 4. The molecular formula is C64H52B2BrCl3F2I6N10O5S3-. The Kier molecular flexibility index (Phi) is 38.4. The van der Waals surface area contributed by atoms with Crippen LogP contribution in [-0.2, 0) is 4.74 Å². The summed E-state index contributed by atoms with van der Waals surface area (Å²) in [4.78, 5) is 51.0. The number of hydrogen-bond donors (Lipinski definition) is 8. The predicted octanol–water partition coefficient (Wildman–Crippen LogP) is 16.7. The maximum Gasteiger partial charge on any atom is 0.488 e. The Bertz CT molecular complexity index is 4560. The van der Waals surface area contributed by atoms with E-state index in [0.717, 1.165) is 136 Å². The monoisotopic (exact) mass is 2140 g/mol. The number of H-pyrrole nitrogens is 4. The number of benzene rings is 6. The number of rotatable bonds is 11. The third-order valence-corrected chi connectivity index (χ3v) is 18.1. The van der Waals surface area contributed by atoms with Crippen LogP contribution in [0.5, 0.6) is 0 Å². The van der Waals surface area contributed by atoms with E-state index >= 15 is 0 Å². The third-order valence-electron chi connectivity index (χ3n) is 13.0. The number of pyridine rings is 3. The molecule has 1 aliphatic heterocycles. The van der Waals surface area contributed by atoms with Gasteiger partial charge in [-0.2, -0.15) is 5.10 Å². The average molecular weight is 2140 g/mol. The standard InChI is InChI=1S/C20H12ClFN2OS.C20H13ClN4S.C13H8BrClN2S.C7H6BFO3.C4H8O.B.I3.I2.HI.H4N2/c21-14-4-6-15(7-5-14)26-19-16-2-1-9-23-20(16)24-18(19)12-3-8-17(22)13(10-12)11-25;21-14-4-6-15(7-5-14)26-19-16-2-1-9-22-20(16)24-18(19)12-3-8-17-13(10-12)11-23-25-17;14-12-11(10-2-1-7-16-13(10)17-12)18-9-5-3-8(15)4-6-9;9-7-2-1-6(8(11)12)3-5(7)4-10;1-2-4-5-3-1;;1-3-2;1-2;;1-2/h1-11H,(H,23,24);1-11H,(H,22,24)(H,23,25);1-7H,(H,16,17);1-4,11-12H;1-4H2;;;;1H;1-2H2/q;;;;;;-1;;;. The van der Waals surface area contributed by atoms with E-state index in [4.69, 9.17) is 49.6 Å². The molecule has 14 rings (SSSR count). The molecule has 13 aromatic rings. The van der Waals surface area contributed by atoms with Crippen molar-refractivity contribution in [3.8, 4) is 22.5 Å². The van der Waals surface area contributed by atoms with Crippen molar-refractivity contribution in [3.63, 3.8) is 0 Å². The van der Waals surface area contributed by atoms with Crippen molar-refractivity contribution < 1.29 is 46.4 Å². The Labute approximate surface area is 660 Å². The molecule has 0 unspecified atom stereocenters. The quantitative estimate of drug-likeness (QED) is 0.0197. The summed E-state index contributed by atoms with van der Waals surface area (Å²) in [6.07, 6.45) is 10.5. The average Bonchev–Trinajstić information content (AvgIpc) is 1.64. The SMILES string of the molecule is C1CCOC1.Clc1ccc(Sc2c(-c3ccc4[nH]ncc4c3)[nH]c3ncccc23)cc1.Clc1ccc(Sc2c(Br)[nH]c3ncccc23)cc1.I.II.I[I-]I.NN.O=Cc1cc(-c2[nH]c3ncccc3c2Sc2ccc(Cl)cc2)ccc1F.O=Cc1cc(B(O)O)ccc1F.[B]. The Morgan fingerprint density at radius 3 is 1.41 bits per heavy atom. The fourth-order valence-electron chi connectivity index (χ4n) is 8.75. The zero-order valence-electron chi connectivity index (χ0n) is 49.4. The summed E-state index contributed by atoms with van der Waals surface area (Å²) in [7, 11) is -1.68. The fraction of sp³-hybridized carbons (Fsp3) is 0.0625. The van der Waals surface area contributed by atoms with Crippen LogP contribution >= 0.6 is 184 Å². The van der Waals surface area contributed by atoms with E-state index in [1.807, 2.05) is 109 Å². The van der Waals surface area contributed by atoms with E-state index in [9.17, 15) is 18.4 Å². The van der Waals surface area contributed by atoms with Crippen LogP contribution in [0.1, 0.15) is 33.6 Å². The van der Waals surface area contributed by atoms with Crippen LogP contribution in [0.2, 0.25) is 15.1 Å². The predicted molar refractivity (Wildman–Crippen MR) is 436 cm³/mol. The first kappa shape index (κ1) is 83.4. The van der Waals surface area contributed by atoms with Gasteiger partial charge >= 0.3 is 57.6 Å². The molecule has 3 radical (unpaired) electrons. The Balaban J connectivity index is 0.000000223. The molecule has 497 valence electrons. The van der Waals surface area contributed by atoms with Gasteiger partial charge in [0.15, 0.2) is 12.6 Å². The van der Waals surface area contributed by atoms with Crippen LogP contribution in [0.4, 0.5) is 8.78 Å². The normalized spacial score (nSPS) is 10.9. The molecular weight excluding hydrogens is 2090 g/mol. The van der Waals surface area contributed by atoms with Gasteiger partial charge in [-0.05, 0) is 191 Å². The molecule has 15 nitrogen and oxygen atoms in total. The molecule has 6 aromatic carbocycles. The fourth-order valence-corrected chi connectivity index (χ4v) is 12.8. The van der Waals surface area contributed by atoms with Gasteiger partial charge in [0.05, 0.1) is 38.2 Å². The van der Waals surface area contributed by atoms with Gasteiger partial charge in [0.2, 0.25) is 0 Å². The van der Waals surface area contributed by atoms with E-state index in [1.54, 1.807) is 66.0 Å². The number of carbonyl (C=O) groups excluding carboxylic acids is 2. The molecule has 0 spiro atoms. The number of carbonyl (C=O) groups is 2. The number of nitrogens with one attached hydrogen (secondary N) is 4. The number of ether oxygens (including phenoxy) is 1. The second kappa shape index (κ2) is 44.2. The summed E-state index contributed by atoms with van der Waals surface area (Å²) >= 11 is 35.9. The Morgan fingerprint density at radius 2 is 0.979 bits per heavy atom. The van der Waals surface area contributed by atoms with Crippen LogP contribution in [0, 0.1) is 11.6 Å². The molecule has 0 atom stereocenters. The zero-order chi connectivity index (χ0) is 67.5. The van der Waals surface area contributed by atoms with Gasteiger partial charge in [0.25, 0.3) is 0 Å². The van der Waals surface area contributed by atoms with Gasteiger partial charge in [-0.25, -0.2) is 23.7 Å².